The monoisotopic (exact) mass is 501 g/mol. The lowest BCUT2D eigenvalue weighted by Gasteiger charge is -2.28. The highest BCUT2D eigenvalue weighted by Crippen LogP contribution is 2.28. The molecule has 7 heteroatoms. The molecule has 1 aliphatic heterocycles. The minimum atomic E-state index is -0.721. The number of esters is 1. The zero-order chi connectivity index (χ0) is 26.1. The Morgan fingerprint density at radius 3 is 2.75 bits per heavy atom. The van der Waals surface area contributed by atoms with Crippen LogP contribution in [0.15, 0.2) is 42.5 Å². The second-order valence-electron chi connectivity index (χ2n) is 9.29. The van der Waals surface area contributed by atoms with Crippen molar-refractivity contribution in [3.63, 3.8) is 0 Å². The molecule has 1 aliphatic rings. The van der Waals surface area contributed by atoms with Gasteiger partial charge < -0.3 is 14.6 Å². The predicted octanol–water partition coefficient (Wildman–Crippen LogP) is 5.39. The Bertz CT molecular complexity index is 1040. The van der Waals surface area contributed by atoms with Crippen molar-refractivity contribution < 1.29 is 28.2 Å². The molecular weight excluding hydrogens is 464 g/mol. The first-order valence-corrected chi connectivity index (χ1v) is 12.7. The summed E-state index contributed by atoms with van der Waals surface area (Å²) in [4.78, 5) is 14.0. The maximum absolute atomic E-state index is 14.6. The number of carbonyl (C=O) groups is 1. The number of halogens is 2. The molecule has 3 atom stereocenters. The second kappa shape index (κ2) is 13.6. The van der Waals surface area contributed by atoms with Gasteiger partial charge in [-0.25, -0.2) is 13.6 Å². The number of likely N-dealkylation sites (tertiary alicyclic amines) is 1. The van der Waals surface area contributed by atoms with Gasteiger partial charge in [0.05, 0.1) is 25.4 Å². The molecule has 36 heavy (non-hydrogen) atoms. The largest absolute Gasteiger partial charge is 0.463 e. The first-order chi connectivity index (χ1) is 17.3. The van der Waals surface area contributed by atoms with Gasteiger partial charge in [-0.2, -0.15) is 0 Å². The Morgan fingerprint density at radius 1 is 1.22 bits per heavy atom. The molecule has 1 N–H and O–H groups in total. The van der Waals surface area contributed by atoms with Crippen LogP contribution in [-0.4, -0.2) is 54.4 Å². The van der Waals surface area contributed by atoms with E-state index in [9.17, 15) is 18.7 Å². The third kappa shape index (κ3) is 7.69. The molecule has 1 saturated heterocycles. The third-order valence-corrected chi connectivity index (χ3v) is 6.62. The number of hydrogen-bond acceptors (Lipinski definition) is 5. The standard InChI is InChI=1S/C29H37F2NO4/c1-4-28(25-9-6-10-26(30)24(25)13-14-29(34)35-5-2)36-19-23(33)18-32-15-7-8-22(32)16-21-12-11-20(3)27(31)17-21/h6,9-14,17,22-23,28,33H,4-5,7-8,15-16,18-19H2,1-3H3/t22-,23+,28+/m0/s1. The molecule has 0 amide bonds. The van der Waals surface area contributed by atoms with Crippen molar-refractivity contribution in [2.24, 2.45) is 0 Å². The second-order valence-corrected chi connectivity index (χ2v) is 9.29. The number of β-amino-alcohol motifs (C(OH)–C–C–N with tert-alkyl or cyclic N) is 1. The number of ether oxygens (including phenoxy) is 2. The lowest BCUT2D eigenvalue weighted by Crippen LogP contribution is -2.39. The van der Waals surface area contributed by atoms with Gasteiger partial charge in [-0.1, -0.05) is 31.2 Å². The summed E-state index contributed by atoms with van der Waals surface area (Å²) in [6.07, 6.45) is 4.80. The highest BCUT2D eigenvalue weighted by Gasteiger charge is 2.27. The number of aryl methyl sites for hydroxylation is 1. The SMILES string of the molecule is CCOC(=O)C=Cc1c(F)cccc1[C@@H](CC)OC[C@H](O)CN1CCC[C@H]1Cc1ccc(C)c(F)c1. The summed E-state index contributed by atoms with van der Waals surface area (Å²) in [6, 6.07) is 10.3. The van der Waals surface area contributed by atoms with Crippen LogP contribution in [0.1, 0.15) is 61.5 Å². The van der Waals surface area contributed by atoms with Gasteiger partial charge >= 0.3 is 5.97 Å². The molecule has 2 aromatic carbocycles. The number of hydrogen-bond donors (Lipinski definition) is 1. The number of carbonyl (C=O) groups excluding carboxylic acids is 1. The van der Waals surface area contributed by atoms with Gasteiger partial charge in [0.25, 0.3) is 0 Å². The zero-order valence-electron chi connectivity index (χ0n) is 21.4. The quantitative estimate of drug-likeness (QED) is 0.312. The van der Waals surface area contributed by atoms with Gasteiger partial charge in [0, 0.05) is 24.2 Å². The van der Waals surface area contributed by atoms with Crippen molar-refractivity contribution in [1.29, 1.82) is 0 Å². The summed E-state index contributed by atoms with van der Waals surface area (Å²) in [5.74, 6) is -1.18. The van der Waals surface area contributed by atoms with Gasteiger partial charge in [-0.15, -0.1) is 0 Å². The van der Waals surface area contributed by atoms with E-state index in [2.05, 4.69) is 4.90 Å². The van der Waals surface area contributed by atoms with Gasteiger partial charge in [-0.3, -0.25) is 4.90 Å². The lowest BCUT2D eigenvalue weighted by atomic mass is 9.99. The Kier molecular flexibility index (Phi) is 10.6. The molecule has 0 unspecified atom stereocenters. The number of aliphatic hydroxyl groups excluding tert-OH is 1. The molecule has 1 fully saturated rings. The van der Waals surface area contributed by atoms with Gasteiger partial charge in [0.1, 0.15) is 11.6 Å². The van der Waals surface area contributed by atoms with Gasteiger partial charge in [-0.05, 0) is 81.0 Å². The molecule has 0 radical (unpaired) electrons. The average molecular weight is 502 g/mol. The van der Waals surface area contributed by atoms with Crippen LogP contribution in [0, 0.1) is 18.6 Å². The van der Waals surface area contributed by atoms with Crippen molar-refractivity contribution in [1.82, 2.24) is 4.90 Å². The molecule has 2 aromatic rings. The smallest absolute Gasteiger partial charge is 0.330 e. The molecule has 0 bridgehead atoms. The summed E-state index contributed by atoms with van der Waals surface area (Å²) in [6.45, 7) is 7.06. The molecular formula is C29H37F2NO4. The minimum Gasteiger partial charge on any atom is -0.463 e. The molecule has 0 saturated carbocycles. The molecule has 0 spiro atoms. The van der Waals surface area contributed by atoms with Crippen LogP contribution in [0.5, 0.6) is 0 Å². The van der Waals surface area contributed by atoms with E-state index < -0.39 is 24.0 Å². The molecule has 0 aliphatic carbocycles. The summed E-state index contributed by atoms with van der Waals surface area (Å²) in [5.41, 5.74) is 2.49. The highest BCUT2D eigenvalue weighted by molar-refractivity contribution is 5.87. The summed E-state index contributed by atoms with van der Waals surface area (Å²) in [5, 5.41) is 10.7. The Hall–Kier alpha value is -2.61. The van der Waals surface area contributed by atoms with E-state index in [4.69, 9.17) is 9.47 Å². The van der Waals surface area contributed by atoms with Crippen molar-refractivity contribution in [2.75, 3.05) is 26.3 Å². The summed E-state index contributed by atoms with van der Waals surface area (Å²) >= 11 is 0. The van der Waals surface area contributed by atoms with Crippen LogP contribution in [0.3, 0.4) is 0 Å². The van der Waals surface area contributed by atoms with Crippen LogP contribution in [-0.2, 0) is 20.7 Å². The molecule has 0 aromatic heterocycles. The predicted molar refractivity (Wildman–Crippen MR) is 136 cm³/mol. The fourth-order valence-corrected chi connectivity index (χ4v) is 4.73. The van der Waals surface area contributed by atoms with E-state index in [0.29, 0.717) is 24.1 Å². The maximum atomic E-state index is 14.6. The highest BCUT2D eigenvalue weighted by atomic mass is 19.1. The number of nitrogens with zero attached hydrogens (tertiary/aromatic N) is 1. The fraction of sp³-hybridized carbons (Fsp3) is 0.483. The molecule has 3 rings (SSSR count). The summed E-state index contributed by atoms with van der Waals surface area (Å²) in [7, 11) is 0. The van der Waals surface area contributed by atoms with E-state index in [-0.39, 0.29) is 30.6 Å². The van der Waals surface area contributed by atoms with Crippen molar-refractivity contribution in [3.05, 3.63) is 76.4 Å². The van der Waals surface area contributed by atoms with Gasteiger partial charge in [0.2, 0.25) is 0 Å². The number of aliphatic hydroxyl groups is 1. The van der Waals surface area contributed by atoms with E-state index >= 15 is 0 Å². The maximum Gasteiger partial charge on any atom is 0.330 e. The van der Waals surface area contributed by atoms with Crippen molar-refractivity contribution in [3.8, 4) is 0 Å². The normalized spacial score (nSPS) is 18.0. The van der Waals surface area contributed by atoms with Crippen LogP contribution < -0.4 is 0 Å². The van der Waals surface area contributed by atoms with E-state index in [1.165, 1.54) is 18.2 Å². The molecule has 1 heterocycles. The average Bonchev–Trinajstić information content (AvgIpc) is 3.27. The topological polar surface area (TPSA) is 59.0 Å². The van der Waals surface area contributed by atoms with Gasteiger partial charge in [0.15, 0.2) is 0 Å². The Balaban J connectivity index is 1.60. The van der Waals surface area contributed by atoms with E-state index in [1.54, 1.807) is 38.1 Å². The number of rotatable bonds is 12. The van der Waals surface area contributed by atoms with Crippen LogP contribution in [0.2, 0.25) is 0 Å². The summed E-state index contributed by atoms with van der Waals surface area (Å²) < 4.78 is 39.5. The minimum absolute atomic E-state index is 0.0957. The van der Waals surface area contributed by atoms with E-state index in [1.807, 2.05) is 13.0 Å². The van der Waals surface area contributed by atoms with Crippen molar-refractivity contribution in [2.45, 2.75) is 64.7 Å². The van der Waals surface area contributed by atoms with E-state index in [0.717, 1.165) is 31.4 Å². The first-order valence-electron chi connectivity index (χ1n) is 12.7. The first kappa shape index (κ1) is 28.0. The zero-order valence-corrected chi connectivity index (χ0v) is 21.4. The Morgan fingerprint density at radius 2 is 2.03 bits per heavy atom. The van der Waals surface area contributed by atoms with Crippen LogP contribution in [0.25, 0.3) is 6.08 Å². The lowest BCUT2D eigenvalue weighted by molar-refractivity contribution is -0.137. The van der Waals surface area contributed by atoms with Crippen LogP contribution >= 0.6 is 0 Å². The number of benzene rings is 2. The Labute approximate surface area is 212 Å². The van der Waals surface area contributed by atoms with Crippen molar-refractivity contribution >= 4 is 12.0 Å². The molecule has 5 nitrogen and oxygen atoms in total. The molecule has 196 valence electrons. The van der Waals surface area contributed by atoms with Crippen LogP contribution in [0.4, 0.5) is 8.78 Å². The third-order valence-electron chi connectivity index (χ3n) is 6.62. The fourth-order valence-electron chi connectivity index (χ4n) is 4.73.